The molecule has 3 amide bonds. The second kappa shape index (κ2) is 10.8. The van der Waals surface area contributed by atoms with Crippen LogP contribution in [0.2, 0.25) is 0 Å². The summed E-state index contributed by atoms with van der Waals surface area (Å²) in [6, 6.07) is 13.7. The maximum Gasteiger partial charge on any atom is 0.324 e. The Labute approximate surface area is 202 Å². The van der Waals surface area contributed by atoms with Crippen LogP contribution < -0.4 is 19.7 Å². The lowest BCUT2D eigenvalue weighted by atomic mass is 9.96. The highest BCUT2D eigenvalue weighted by molar-refractivity contribution is 5.94. The molecular weight excluding hydrogens is 430 g/mol. The van der Waals surface area contributed by atoms with Gasteiger partial charge in [-0.3, -0.25) is 9.69 Å². The van der Waals surface area contributed by atoms with Gasteiger partial charge in [-0.1, -0.05) is 31.2 Å². The minimum atomic E-state index is -0.0917. The number of benzene rings is 2. The zero-order valence-electron chi connectivity index (χ0n) is 20.4. The van der Waals surface area contributed by atoms with Gasteiger partial charge < -0.3 is 19.7 Å². The highest BCUT2D eigenvalue weighted by Gasteiger charge is 2.34. The second-order valence-electron chi connectivity index (χ2n) is 9.03. The zero-order chi connectivity index (χ0) is 24.1. The summed E-state index contributed by atoms with van der Waals surface area (Å²) in [6.45, 7) is 8.76. The van der Waals surface area contributed by atoms with E-state index in [-0.39, 0.29) is 24.0 Å². The molecule has 2 aliphatic heterocycles. The molecule has 0 unspecified atom stereocenters. The molecule has 0 aliphatic carbocycles. The topological polar surface area (TPSA) is 71.1 Å². The van der Waals surface area contributed by atoms with Crippen LogP contribution in [0, 0.1) is 12.8 Å². The van der Waals surface area contributed by atoms with Crippen molar-refractivity contribution in [3.63, 3.8) is 0 Å². The number of anilines is 1. The van der Waals surface area contributed by atoms with E-state index in [4.69, 9.17) is 9.47 Å². The number of nitrogens with zero attached hydrogens (tertiary/aromatic N) is 2. The number of hydrogen-bond donors (Lipinski definition) is 1. The van der Waals surface area contributed by atoms with E-state index in [0.717, 1.165) is 34.7 Å². The minimum Gasteiger partial charge on any atom is -0.494 e. The predicted molar refractivity (Wildman–Crippen MR) is 132 cm³/mol. The van der Waals surface area contributed by atoms with Crippen LogP contribution in [-0.2, 0) is 11.3 Å². The number of fused-ring (bicyclic) bond motifs is 1. The van der Waals surface area contributed by atoms with Crippen LogP contribution in [0.25, 0.3) is 0 Å². The maximum absolute atomic E-state index is 13.5. The fraction of sp³-hybridized carbons (Fsp3) is 0.481. The molecule has 2 aromatic carbocycles. The average Bonchev–Trinajstić information content (AvgIpc) is 2.87. The van der Waals surface area contributed by atoms with E-state index in [1.54, 1.807) is 0 Å². The summed E-state index contributed by atoms with van der Waals surface area (Å²) in [6.07, 6.45) is 2.15. The highest BCUT2D eigenvalue weighted by atomic mass is 16.5. The Balaban J connectivity index is 1.34. The summed E-state index contributed by atoms with van der Waals surface area (Å²) >= 11 is 0. The Bertz CT molecular complexity index is 1020. The van der Waals surface area contributed by atoms with Crippen molar-refractivity contribution in [1.82, 2.24) is 10.2 Å². The lowest BCUT2D eigenvalue weighted by Gasteiger charge is -2.39. The number of likely N-dealkylation sites (tertiary alicyclic amines) is 1. The van der Waals surface area contributed by atoms with Crippen molar-refractivity contribution in [2.24, 2.45) is 5.92 Å². The lowest BCUT2D eigenvalue weighted by molar-refractivity contribution is -0.126. The molecule has 7 heteroatoms. The summed E-state index contributed by atoms with van der Waals surface area (Å²) in [7, 11) is 0. The Morgan fingerprint density at radius 3 is 2.62 bits per heavy atom. The van der Waals surface area contributed by atoms with Crippen molar-refractivity contribution in [2.45, 2.75) is 52.7 Å². The summed E-state index contributed by atoms with van der Waals surface area (Å²) in [5, 5.41) is 3.06. The monoisotopic (exact) mass is 465 g/mol. The van der Waals surface area contributed by atoms with Gasteiger partial charge in [-0.05, 0) is 56.9 Å². The van der Waals surface area contributed by atoms with Crippen LogP contribution in [0.15, 0.2) is 42.5 Å². The third kappa shape index (κ3) is 5.29. The number of piperidine rings is 1. The van der Waals surface area contributed by atoms with Crippen molar-refractivity contribution in [2.75, 3.05) is 31.1 Å². The van der Waals surface area contributed by atoms with Crippen LogP contribution in [0.1, 0.15) is 44.2 Å². The number of urea groups is 1. The minimum absolute atomic E-state index is 0.00176. The van der Waals surface area contributed by atoms with Gasteiger partial charge in [0.15, 0.2) is 0 Å². The third-order valence-electron chi connectivity index (χ3n) is 6.63. The zero-order valence-corrected chi connectivity index (χ0v) is 20.4. The molecule has 1 N–H and O–H groups in total. The van der Waals surface area contributed by atoms with Gasteiger partial charge in [0.25, 0.3) is 0 Å². The van der Waals surface area contributed by atoms with Crippen LogP contribution in [0.5, 0.6) is 11.5 Å². The number of rotatable bonds is 6. The van der Waals surface area contributed by atoms with Crippen LogP contribution >= 0.6 is 0 Å². The van der Waals surface area contributed by atoms with Crippen molar-refractivity contribution in [3.05, 3.63) is 53.6 Å². The number of amides is 3. The van der Waals surface area contributed by atoms with Crippen molar-refractivity contribution >= 4 is 17.6 Å². The first-order chi connectivity index (χ1) is 16.5. The molecule has 1 fully saturated rings. The molecule has 7 nitrogen and oxygen atoms in total. The van der Waals surface area contributed by atoms with Crippen LogP contribution in [-0.4, -0.2) is 49.2 Å². The van der Waals surface area contributed by atoms with Crippen molar-refractivity contribution < 1.29 is 19.1 Å². The largest absolute Gasteiger partial charge is 0.494 e. The Morgan fingerprint density at radius 1 is 1.12 bits per heavy atom. The maximum atomic E-state index is 13.5. The standard InChI is InChI=1S/C27H35N3O4/c1-4-22-18-30(23-16-19(3)10-11-25(23)34-22)27(32)29-14-12-20(13-15-29)26(31)28-17-21-8-6-7-9-24(21)33-5-2/h6-11,16,20,22H,4-5,12-15,17-18H2,1-3H3,(H,28,31)/t22-/m0/s1. The van der Waals surface area contributed by atoms with Gasteiger partial charge >= 0.3 is 6.03 Å². The predicted octanol–water partition coefficient (Wildman–Crippen LogP) is 4.52. The number of nitrogens with one attached hydrogen (secondary N) is 1. The fourth-order valence-corrected chi connectivity index (χ4v) is 4.63. The van der Waals surface area contributed by atoms with Gasteiger partial charge in [0, 0.05) is 31.1 Å². The summed E-state index contributed by atoms with van der Waals surface area (Å²) in [5.41, 5.74) is 2.90. The quantitative estimate of drug-likeness (QED) is 0.681. The van der Waals surface area contributed by atoms with Crippen LogP contribution in [0.3, 0.4) is 0 Å². The van der Waals surface area contributed by atoms with E-state index in [0.29, 0.717) is 45.6 Å². The molecule has 0 aromatic heterocycles. The van der Waals surface area contributed by atoms with Gasteiger partial charge in [0.2, 0.25) is 5.91 Å². The van der Waals surface area contributed by atoms with Crippen molar-refractivity contribution in [1.29, 1.82) is 0 Å². The molecule has 4 rings (SSSR count). The number of para-hydroxylation sites is 1. The molecule has 182 valence electrons. The molecule has 1 atom stereocenters. The van der Waals surface area contributed by atoms with Gasteiger partial charge in [-0.15, -0.1) is 0 Å². The van der Waals surface area contributed by atoms with E-state index >= 15 is 0 Å². The van der Waals surface area contributed by atoms with Crippen molar-refractivity contribution in [3.8, 4) is 11.5 Å². The Hall–Kier alpha value is -3.22. The molecule has 34 heavy (non-hydrogen) atoms. The molecule has 1 saturated heterocycles. The van der Waals surface area contributed by atoms with E-state index in [1.165, 1.54) is 0 Å². The molecule has 2 aliphatic rings. The first-order valence-corrected chi connectivity index (χ1v) is 12.3. The molecule has 0 saturated carbocycles. The second-order valence-corrected chi connectivity index (χ2v) is 9.03. The number of aryl methyl sites for hydroxylation is 1. The smallest absolute Gasteiger partial charge is 0.324 e. The molecule has 2 heterocycles. The van der Waals surface area contributed by atoms with Gasteiger partial charge in [0.1, 0.15) is 17.6 Å². The lowest BCUT2D eigenvalue weighted by Crippen LogP contribution is -2.52. The molecule has 0 spiro atoms. The van der Waals surface area contributed by atoms with E-state index < -0.39 is 0 Å². The molecule has 0 radical (unpaired) electrons. The van der Waals surface area contributed by atoms with E-state index in [1.807, 2.05) is 66.1 Å². The van der Waals surface area contributed by atoms with E-state index in [2.05, 4.69) is 12.2 Å². The van der Waals surface area contributed by atoms with Gasteiger partial charge in [0.05, 0.1) is 18.8 Å². The first kappa shape index (κ1) is 23.9. The SMILES string of the molecule is CCOc1ccccc1CNC(=O)C1CCN(C(=O)N2C[C@H](CC)Oc3ccc(C)cc32)CC1. The fourth-order valence-electron chi connectivity index (χ4n) is 4.63. The molecular formula is C27H35N3O4. The van der Waals surface area contributed by atoms with E-state index in [9.17, 15) is 9.59 Å². The highest BCUT2D eigenvalue weighted by Crippen LogP contribution is 2.36. The summed E-state index contributed by atoms with van der Waals surface area (Å²) < 4.78 is 11.7. The summed E-state index contributed by atoms with van der Waals surface area (Å²) in [5.74, 6) is 1.51. The summed E-state index contributed by atoms with van der Waals surface area (Å²) in [4.78, 5) is 30.0. The van der Waals surface area contributed by atoms with Crippen LogP contribution in [0.4, 0.5) is 10.5 Å². The molecule has 0 bridgehead atoms. The number of hydrogen-bond acceptors (Lipinski definition) is 4. The van der Waals surface area contributed by atoms with Gasteiger partial charge in [-0.25, -0.2) is 4.79 Å². The van der Waals surface area contributed by atoms with Gasteiger partial charge in [-0.2, -0.15) is 0 Å². The Kier molecular flexibility index (Phi) is 7.60. The number of carbonyl (C=O) groups is 2. The molecule has 2 aromatic rings. The normalized spacial score (nSPS) is 18.1. The third-order valence-corrected chi connectivity index (χ3v) is 6.63. The first-order valence-electron chi connectivity index (χ1n) is 12.3. The average molecular weight is 466 g/mol. The number of carbonyl (C=O) groups excluding carboxylic acids is 2. The number of ether oxygens (including phenoxy) is 2. The Morgan fingerprint density at radius 2 is 1.88 bits per heavy atom.